The fourth-order valence-corrected chi connectivity index (χ4v) is 4.98. The van der Waals surface area contributed by atoms with Crippen molar-refractivity contribution in [1.29, 1.82) is 0 Å². The van der Waals surface area contributed by atoms with Crippen LogP contribution in [-0.2, 0) is 10.0 Å². The molecule has 6 nitrogen and oxygen atoms in total. The summed E-state index contributed by atoms with van der Waals surface area (Å²) in [5.74, 6) is -0.250. The van der Waals surface area contributed by atoms with Gasteiger partial charge in [-0.3, -0.25) is 9.52 Å². The molecule has 0 radical (unpaired) electrons. The van der Waals surface area contributed by atoms with Crippen LogP contribution in [0.5, 0.6) is 0 Å². The Morgan fingerprint density at radius 2 is 1.83 bits per heavy atom. The molecule has 0 atom stereocenters. The largest absolute Gasteiger partial charge is 0.351 e. The number of hydrogen-bond acceptors (Lipinski definition) is 4. The maximum absolute atomic E-state index is 12.8. The number of rotatable bonds is 8. The molecule has 0 saturated heterocycles. The molecule has 1 amide bonds. The Morgan fingerprint density at radius 1 is 1.10 bits per heavy atom. The molecule has 7 heteroatoms. The fraction of sp³-hybridized carbons (Fsp3) is 0.435. The highest BCUT2D eigenvalue weighted by atomic mass is 32.2. The second-order valence-corrected chi connectivity index (χ2v) is 9.81. The summed E-state index contributed by atoms with van der Waals surface area (Å²) < 4.78 is 28.2. The van der Waals surface area contributed by atoms with Crippen LogP contribution in [0.25, 0.3) is 0 Å². The van der Waals surface area contributed by atoms with Gasteiger partial charge in [0.05, 0.1) is 4.90 Å². The number of carbonyl (C=O) groups excluding carboxylic acids is 1. The van der Waals surface area contributed by atoms with E-state index in [0.29, 0.717) is 23.8 Å². The second-order valence-electron chi connectivity index (χ2n) is 8.13. The van der Waals surface area contributed by atoms with Gasteiger partial charge in [0.25, 0.3) is 15.9 Å². The van der Waals surface area contributed by atoms with Crippen LogP contribution in [0.4, 0.5) is 5.69 Å². The first kappa shape index (κ1) is 22.3. The van der Waals surface area contributed by atoms with Crippen LogP contribution in [0.3, 0.4) is 0 Å². The molecule has 1 aliphatic rings. The third-order valence-electron chi connectivity index (χ3n) is 5.73. The molecule has 2 aromatic rings. The summed E-state index contributed by atoms with van der Waals surface area (Å²) in [7, 11) is -1.69. The number of anilines is 1. The minimum Gasteiger partial charge on any atom is -0.351 e. The van der Waals surface area contributed by atoms with Crippen LogP contribution >= 0.6 is 0 Å². The maximum atomic E-state index is 12.8. The molecule has 2 aromatic carbocycles. The highest BCUT2D eigenvalue weighted by molar-refractivity contribution is 7.92. The number of carbonyl (C=O) groups is 1. The van der Waals surface area contributed by atoms with E-state index in [9.17, 15) is 13.2 Å². The number of benzene rings is 2. The van der Waals surface area contributed by atoms with Gasteiger partial charge in [0.2, 0.25) is 0 Å². The first-order valence-electron chi connectivity index (χ1n) is 10.4. The van der Waals surface area contributed by atoms with Gasteiger partial charge in [-0.15, -0.1) is 0 Å². The van der Waals surface area contributed by atoms with Crippen molar-refractivity contribution in [3.8, 4) is 0 Å². The maximum Gasteiger partial charge on any atom is 0.261 e. The molecule has 2 N–H and O–H groups in total. The summed E-state index contributed by atoms with van der Waals surface area (Å²) in [6.45, 7) is 5.02. The van der Waals surface area contributed by atoms with Crippen molar-refractivity contribution in [2.75, 3.05) is 24.9 Å². The van der Waals surface area contributed by atoms with Crippen LogP contribution in [0.2, 0.25) is 0 Å². The van der Waals surface area contributed by atoms with Crippen molar-refractivity contribution in [2.45, 2.75) is 50.5 Å². The number of hydrogen-bond donors (Lipinski definition) is 2. The first-order valence-corrected chi connectivity index (χ1v) is 11.9. The topological polar surface area (TPSA) is 78.5 Å². The molecule has 0 bridgehead atoms. The number of nitrogens with one attached hydrogen (secondary N) is 2. The van der Waals surface area contributed by atoms with Gasteiger partial charge in [-0.25, -0.2) is 8.42 Å². The Hall–Kier alpha value is -2.38. The Kier molecular flexibility index (Phi) is 7.15. The Bertz CT molecular complexity index is 999. The summed E-state index contributed by atoms with van der Waals surface area (Å²) >= 11 is 0. The van der Waals surface area contributed by atoms with Crippen molar-refractivity contribution in [3.05, 3.63) is 59.2 Å². The van der Waals surface area contributed by atoms with Crippen molar-refractivity contribution < 1.29 is 13.2 Å². The smallest absolute Gasteiger partial charge is 0.261 e. The lowest BCUT2D eigenvalue weighted by atomic mass is 10.1. The zero-order valence-corrected chi connectivity index (χ0v) is 18.8. The predicted octanol–water partition coefficient (Wildman–Crippen LogP) is 3.71. The third kappa shape index (κ3) is 5.61. The number of aryl methyl sites for hydroxylation is 2. The summed E-state index contributed by atoms with van der Waals surface area (Å²) in [6.07, 6.45) is 4.99. The molecule has 0 unspecified atom stereocenters. The molecular weight excluding hydrogens is 398 g/mol. The monoisotopic (exact) mass is 429 g/mol. The quantitative estimate of drug-likeness (QED) is 0.671. The SMILES string of the molecule is Cc1cccc(NS(=O)(=O)c2ccc(C)c(C(=O)NCCN(C)C3CCCC3)c2)c1. The van der Waals surface area contributed by atoms with Crippen LogP contribution in [0.15, 0.2) is 47.4 Å². The lowest BCUT2D eigenvalue weighted by Crippen LogP contribution is -2.37. The van der Waals surface area contributed by atoms with Crippen LogP contribution < -0.4 is 10.0 Å². The summed E-state index contributed by atoms with van der Waals surface area (Å²) in [6, 6.07) is 12.4. The van der Waals surface area contributed by atoms with Gasteiger partial charge in [0, 0.05) is 30.4 Å². The average molecular weight is 430 g/mol. The van der Waals surface area contributed by atoms with Gasteiger partial charge < -0.3 is 10.2 Å². The molecule has 0 aliphatic heterocycles. The van der Waals surface area contributed by atoms with E-state index < -0.39 is 10.0 Å². The van der Waals surface area contributed by atoms with E-state index in [-0.39, 0.29) is 10.8 Å². The Morgan fingerprint density at radius 3 is 2.53 bits per heavy atom. The second kappa shape index (κ2) is 9.62. The molecule has 1 saturated carbocycles. The normalized spacial score (nSPS) is 14.8. The Balaban J connectivity index is 1.67. The molecule has 0 heterocycles. The van der Waals surface area contributed by atoms with Gasteiger partial charge in [0.15, 0.2) is 0 Å². The van der Waals surface area contributed by atoms with Gasteiger partial charge in [0.1, 0.15) is 0 Å². The van der Waals surface area contributed by atoms with E-state index in [2.05, 4.69) is 22.0 Å². The lowest BCUT2D eigenvalue weighted by Gasteiger charge is -2.24. The van der Waals surface area contributed by atoms with Crippen LogP contribution in [-0.4, -0.2) is 45.4 Å². The zero-order chi connectivity index (χ0) is 21.7. The van der Waals surface area contributed by atoms with Crippen molar-refractivity contribution >= 4 is 21.6 Å². The van der Waals surface area contributed by atoms with E-state index in [1.54, 1.807) is 24.3 Å². The average Bonchev–Trinajstić information content (AvgIpc) is 3.22. The minimum atomic E-state index is -3.79. The number of nitrogens with zero attached hydrogens (tertiary/aromatic N) is 1. The summed E-state index contributed by atoms with van der Waals surface area (Å²) in [5, 5.41) is 2.93. The predicted molar refractivity (Wildman–Crippen MR) is 120 cm³/mol. The molecule has 0 spiro atoms. The van der Waals surface area contributed by atoms with E-state index in [0.717, 1.165) is 17.7 Å². The van der Waals surface area contributed by atoms with Crippen LogP contribution in [0.1, 0.15) is 47.2 Å². The number of sulfonamides is 1. The number of amides is 1. The minimum absolute atomic E-state index is 0.0721. The molecule has 1 aliphatic carbocycles. The van der Waals surface area contributed by atoms with E-state index in [4.69, 9.17) is 0 Å². The zero-order valence-electron chi connectivity index (χ0n) is 17.9. The van der Waals surface area contributed by atoms with E-state index in [1.165, 1.54) is 37.8 Å². The highest BCUT2D eigenvalue weighted by Gasteiger charge is 2.20. The first-order chi connectivity index (χ1) is 14.3. The van der Waals surface area contributed by atoms with E-state index in [1.807, 2.05) is 19.9 Å². The molecule has 162 valence electrons. The molecule has 3 rings (SSSR count). The molecule has 1 fully saturated rings. The summed E-state index contributed by atoms with van der Waals surface area (Å²) in [4.78, 5) is 15.1. The molecule has 0 aromatic heterocycles. The Labute approximate surface area is 179 Å². The van der Waals surface area contributed by atoms with Gasteiger partial charge in [-0.2, -0.15) is 0 Å². The number of likely N-dealkylation sites (N-methyl/N-ethyl adjacent to an activating group) is 1. The standard InChI is InChI=1S/C23H31N3O3S/c1-17-7-6-8-19(15-17)25-30(28,29)21-12-11-18(2)22(16-21)23(27)24-13-14-26(3)20-9-4-5-10-20/h6-8,11-12,15-16,20,25H,4-5,9-10,13-14H2,1-3H3,(H,24,27). The molecular formula is C23H31N3O3S. The molecule has 30 heavy (non-hydrogen) atoms. The van der Waals surface area contributed by atoms with Gasteiger partial charge in [-0.1, -0.05) is 31.0 Å². The third-order valence-corrected chi connectivity index (χ3v) is 7.11. The van der Waals surface area contributed by atoms with Crippen molar-refractivity contribution in [1.82, 2.24) is 10.2 Å². The fourth-order valence-electron chi connectivity index (χ4n) is 3.90. The van der Waals surface area contributed by atoms with Crippen LogP contribution in [0, 0.1) is 13.8 Å². The van der Waals surface area contributed by atoms with E-state index >= 15 is 0 Å². The van der Waals surface area contributed by atoms with Gasteiger partial charge >= 0.3 is 0 Å². The summed E-state index contributed by atoms with van der Waals surface area (Å²) in [5.41, 5.74) is 2.58. The van der Waals surface area contributed by atoms with Crippen molar-refractivity contribution in [2.24, 2.45) is 0 Å². The van der Waals surface area contributed by atoms with Crippen molar-refractivity contribution in [3.63, 3.8) is 0 Å². The van der Waals surface area contributed by atoms with Gasteiger partial charge in [-0.05, 0) is 69.1 Å². The highest BCUT2D eigenvalue weighted by Crippen LogP contribution is 2.22. The lowest BCUT2D eigenvalue weighted by molar-refractivity contribution is 0.0946.